The molecule has 2 fully saturated rings. The SMILES string of the molecule is CCC1CCCC1.CCc1ccc(C=O)cc1.C[C@H]1CCc2cc(CCCC3(C)CCCC3)ccc2C1.[HH]. The lowest BCUT2D eigenvalue weighted by Crippen LogP contribution is -2.12. The van der Waals surface area contributed by atoms with Crippen molar-refractivity contribution in [3.8, 4) is 0 Å². The standard InChI is InChI=1S/C20H30.C9H10O.C7H14.H2/c1-16-7-9-19-15-17(8-10-18(19)14-16)6-5-13-20(2)11-3-4-12-20;1-2-8-3-5-9(7-10)6-4-8;1-2-7-5-3-4-6-7;/h8,10,15-16H,3-7,9,11-14H2,1-2H3;3-7H,2H2,1H3;7H,2-6H2,1H3;1H/t16-;;;/m0.../s1. The van der Waals surface area contributed by atoms with Crippen LogP contribution in [0.25, 0.3) is 0 Å². The number of rotatable bonds is 7. The smallest absolute Gasteiger partial charge is 0.150 e. The zero-order valence-electron chi connectivity index (χ0n) is 24.5. The van der Waals surface area contributed by atoms with Crippen molar-refractivity contribution in [3.63, 3.8) is 0 Å². The lowest BCUT2D eigenvalue weighted by Gasteiger charge is -2.24. The molecule has 1 atom stereocenters. The molecule has 0 heterocycles. The Morgan fingerprint density at radius 2 is 1.57 bits per heavy atom. The Balaban J connectivity index is 0.000000235. The van der Waals surface area contributed by atoms with Crippen LogP contribution in [0.4, 0.5) is 0 Å². The molecule has 1 heteroatoms. The second-order valence-corrected chi connectivity index (χ2v) is 12.6. The number of aldehydes is 1. The van der Waals surface area contributed by atoms with E-state index in [1.54, 1.807) is 16.7 Å². The summed E-state index contributed by atoms with van der Waals surface area (Å²) in [7, 11) is 0. The van der Waals surface area contributed by atoms with E-state index in [1.807, 2.05) is 24.3 Å². The summed E-state index contributed by atoms with van der Waals surface area (Å²) < 4.78 is 0. The highest BCUT2D eigenvalue weighted by Gasteiger charge is 2.27. The summed E-state index contributed by atoms with van der Waals surface area (Å²) in [5, 5.41) is 0. The first-order valence-corrected chi connectivity index (χ1v) is 15.6. The van der Waals surface area contributed by atoms with Crippen molar-refractivity contribution in [2.75, 3.05) is 0 Å². The van der Waals surface area contributed by atoms with Gasteiger partial charge in [0.15, 0.2) is 0 Å². The Morgan fingerprint density at radius 1 is 0.892 bits per heavy atom. The van der Waals surface area contributed by atoms with Gasteiger partial charge in [0.1, 0.15) is 6.29 Å². The summed E-state index contributed by atoms with van der Waals surface area (Å²) in [6.07, 6.45) is 23.3. The van der Waals surface area contributed by atoms with Crippen LogP contribution in [0, 0.1) is 17.3 Å². The van der Waals surface area contributed by atoms with Crippen molar-refractivity contribution in [2.45, 2.75) is 130 Å². The van der Waals surface area contributed by atoms with Gasteiger partial charge < -0.3 is 0 Å². The summed E-state index contributed by atoms with van der Waals surface area (Å²) in [6, 6.07) is 15.0. The van der Waals surface area contributed by atoms with Gasteiger partial charge in [0.25, 0.3) is 0 Å². The Bertz CT molecular complexity index is 919. The van der Waals surface area contributed by atoms with Gasteiger partial charge in [0, 0.05) is 6.99 Å². The van der Waals surface area contributed by atoms with Gasteiger partial charge in [-0.3, -0.25) is 4.79 Å². The number of benzene rings is 2. The molecule has 0 radical (unpaired) electrons. The number of fused-ring (bicyclic) bond motifs is 1. The minimum absolute atomic E-state index is 0. The Kier molecular flexibility index (Phi) is 12.4. The first-order chi connectivity index (χ1) is 17.9. The van der Waals surface area contributed by atoms with Gasteiger partial charge in [0.05, 0.1) is 0 Å². The topological polar surface area (TPSA) is 17.1 Å². The Hall–Kier alpha value is -1.89. The molecule has 1 nitrogen and oxygen atoms in total. The van der Waals surface area contributed by atoms with E-state index in [1.165, 1.54) is 102 Å². The second kappa shape index (κ2) is 15.5. The Labute approximate surface area is 230 Å². The average Bonchev–Trinajstić information content (AvgIpc) is 3.62. The summed E-state index contributed by atoms with van der Waals surface area (Å²) >= 11 is 0. The van der Waals surface area contributed by atoms with E-state index in [0.29, 0.717) is 5.41 Å². The number of hydrogen-bond acceptors (Lipinski definition) is 1. The van der Waals surface area contributed by atoms with Crippen LogP contribution < -0.4 is 0 Å². The van der Waals surface area contributed by atoms with Crippen LogP contribution in [0.3, 0.4) is 0 Å². The van der Waals surface area contributed by atoms with Crippen molar-refractivity contribution >= 4 is 6.29 Å². The van der Waals surface area contributed by atoms with Gasteiger partial charge in [-0.15, -0.1) is 0 Å². The normalized spacial score (nSPS) is 20.3. The van der Waals surface area contributed by atoms with Crippen molar-refractivity contribution in [3.05, 3.63) is 70.3 Å². The molecule has 0 spiro atoms. The van der Waals surface area contributed by atoms with Gasteiger partial charge in [-0.2, -0.15) is 0 Å². The third-order valence-electron chi connectivity index (χ3n) is 9.38. The fraction of sp³-hybridized carbons (Fsp3) is 0.639. The van der Waals surface area contributed by atoms with Gasteiger partial charge in [-0.05, 0) is 97.3 Å². The second-order valence-electron chi connectivity index (χ2n) is 12.6. The van der Waals surface area contributed by atoms with Crippen molar-refractivity contribution < 1.29 is 6.22 Å². The molecule has 2 saturated carbocycles. The summed E-state index contributed by atoms with van der Waals surface area (Å²) in [6.45, 7) is 9.29. The van der Waals surface area contributed by atoms with E-state index >= 15 is 0 Å². The van der Waals surface area contributed by atoms with Gasteiger partial charge in [-0.1, -0.05) is 115 Å². The molecule has 2 aromatic rings. The van der Waals surface area contributed by atoms with Crippen molar-refractivity contribution in [1.82, 2.24) is 0 Å². The molecule has 0 unspecified atom stereocenters. The van der Waals surface area contributed by atoms with E-state index in [2.05, 4.69) is 45.9 Å². The highest BCUT2D eigenvalue weighted by Crippen LogP contribution is 2.41. The number of hydrogen-bond donors (Lipinski definition) is 0. The van der Waals surface area contributed by atoms with Gasteiger partial charge >= 0.3 is 0 Å². The van der Waals surface area contributed by atoms with Crippen LogP contribution in [0.15, 0.2) is 42.5 Å². The third-order valence-corrected chi connectivity index (χ3v) is 9.38. The molecule has 0 aromatic heterocycles. The van der Waals surface area contributed by atoms with Crippen LogP contribution in [-0.2, 0) is 25.7 Å². The van der Waals surface area contributed by atoms with Gasteiger partial charge in [0.2, 0.25) is 0 Å². The predicted octanol–water partition coefficient (Wildman–Crippen LogP) is 10.6. The monoisotopic (exact) mass is 504 g/mol. The summed E-state index contributed by atoms with van der Waals surface area (Å²) in [4.78, 5) is 10.2. The molecular formula is C36H56O. The largest absolute Gasteiger partial charge is 0.298 e. The quantitative estimate of drug-likeness (QED) is 0.343. The van der Waals surface area contributed by atoms with E-state index in [9.17, 15) is 4.79 Å². The fourth-order valence-electron chi connectivity index (χ4n) is 6.59. The first-order valence-electron chi connectivity index (χ1n) is 15.6. The van der Waals surface area contributed by atoms with E-state index < -0.39 is 0 Å². The van der Waals surface area contributed by atoms with Crippen LogP contribution in [0.5, 0.6) is 0 Å². The Morgan fingerprint density at radius 3 is 2.16 bits per heavy atom. The highest BCUT2D eigenvalue weighted by molar-refractivity contribution is 5.74. The molecule has 0 aliphatic heterocycles. The zero-order valence-corrected chi connectivity index (χ0v) is 24.5. The molecule has 206 valence electrons. The molecule has 5 rings (SSSR count). The maximum atomic E-state index is 10.2. The molecule has 0 saturated heterocycles. The number of carbonyl (C=O) groups excluding carboxylic acids is 1. The molecule has 0 amide bonds. The fourth-order valence-corrected chi connectivity index (χ4v) is 6.59. The highest BCUT2D eigenvalue weighted by atomic mass is 16.1. The third kappa shape index (κ3) is 10.1. The molecule has 3 aliphatic rings. The summed E-state index contributed by atoms with van der Waals surface area (Å²) in [5.74, 6) is 1.98. The molecular weight excluding hydrogens is 448 g/mol. The van der Waals surface area contributed by atoms with Gasteiger partial charge in [-0.25, -0.2) is 0 Å². The molecule has 2 aromatic carbocycles. The van der Waals surface area contributed by atoms with Crippen LogP contribution in [-0.4, -0.2) is 6.29 Å². The zero-order chi connectivity index (χ0) is 26.5. The maximum Gasteiger partial charge on any atom is 0.150 e. The van der Waals surface area contributed by atoms with E-state index in [0.717, 1.165) is 30.1 Å². The van der Waals surface area contributed by atoms with Crippen LogP contribution in [0.1, 0.15) is 139 Å². The lowest BCUT2D eigenvalue weighted by atomic mass is 9.82. The lowest BCUT2D eigenvalue weighted by molar-refractivity contribution is 0.112. The molecule has 37 heavy (non-hydrogen) atoms. The van der Waals surface area contributed by atoms with Crippen molar-refractivity contribution in [1.29, 1.82) is 0 Å². The van der Waals surface area contributed by atoms with E-state index in [-0.39, 0.29) is 1.43 Å². The van der Waals surface area contributed by atoms with Crippen LogP contribution in [0.2, 0.25) is 0 Å². The molecule has 0 bridgehead atoms. The average molecular weight is 505 g/mol. The van der Waals surface area contributed by atoms with E-state index in [4.69, 9.17) is 0 Å². The molecule has 3 aliphatic carbocycles. The first kappa shape index (κ1) is 29.7. The van der Waals surface area contributed by atoms with Crippen LogP contribution >= 0.6 is 0 Å². The molecule has 0 N–H and O–H groups in total. The minimum Gasteiger partial charge on any atom is -0.298 e. The minimum atomic E-state index is 0. The predicted molar refractivity (Wildman–Crippen MR) is 163 cm³/mol. The summed E-state index contributed by atoms with van der Waals surface area (Å²) in [5.41, 5.74) is 7.54. The van der Waals surface area contributed by atoms with Crippen molar-refractivity contribution in [2.24, 2.45) is 17.3 Å². The number of aryl methyl sites for hydroxylation is 3. The number of carbonyl (C=O) groups is 1. The maximum absolute atomic E-state index is 10.2.